The number of anilines is 1. The number of methoxy groups -OCH3 is 1. The van der Waals surface area contributed by atoms with E-state index in [1.807, 2.05) is 24.3 Å². The first-order chi connectivity index (χ1) is 13.3. The number of nitrogens with one attached hydrogen (secondary N) is 1. The molecule has 1 aliphatic rings. The van der Waals surface area contributed by atoms with Gasteiger partial charge in [0.25, 0.3) is 15.9 Å². The third kappa shape index (κ3) is 3.99. The van der Waals surface area contributed by atoms with Crippen molar-refractivity contribution < 1.29 is 17.9 Å². The molecule has 0 atom stereocenters. The topological polar surface area (TPSA) is 75.7 Å². The van der Waals surface area contributed by atoms with Crippen molar-refractivity contribution in [2.45, 2.75) is 31.6 Å². The molecule has 1 aliphatic heterocycles. The average Bonchev–Trinajstić information content (AvgIpc) is 3.12. The lowest BCUT2D eigenvalue weighted by atomic mass is 10.1. The second-order valence-electron chi connectivity index (χ2n) is 7.26. The molecule has 2 aromatic rings. The van der Waals surface area contributed by atoms with Gasteiger partial charge in [0.1, 0.15) is 5.75 Å². The lowest BCUT2D eigenvalue weighted by Crippen LogP contribution is -2.30. The monoisotopic (exact) mass is 402 g/mol. The van der Waals surface area contributed by atoms with Crippen LogP contribution in [0.1, 0.15) is 36.2 Å². The van der Waals surface area contributed by atoms with E-state index in [0.717, 1.165) is 12.0 Å². The zero-order valence-corrected chi connectivity index (χ0v) is 17.3. The van der Waals surface area contributed by atoms with E-state index in [4.69, 9.17) is 4.74 Å². The zero-order chi connectivity index (χ0) is 20.3. The van der Waals surface area contributed by atoms with Gasteiger partial charge in [-0.05, 0) is 48.6 Å². The highest BCUT2D eigenvalue weighted by Crippen LogP contribution is 2.33. The molecule has 0 bridgehead atoms. The van der Waals surface area contributed by atoms with Crippen LogP contribution in [0.3, 0.4) is 0 Å². The van der Waals surface area contributed by atoms with Gasteiger partial charge >= 0.3 is 0 Å². The summed E-state index contributed by atoms with van der Waals surface area (Å²) in [7, 11) is -2.31. The summed E-state index contributed by atoms with van der Waals surface area (Å²) in [6.45, 7) is 5.07. The number of hydrogen-bond donors (Lipinski definition) is 1. The van der Waals surface area contributed by atoms with Crippen LogP contribution in [0.2, 0.25) is 0 Å². The second-order valence-corrected chi connectivity index (χ2v) is 9.12. The van der Waals surface area contributed by atoms with Crippen molar-refractivity contribution >= 4 is 21.6 Å². The third-order valence-electron chi connectivity index (χ3n) is 4.86. The Morgan fingerprint density at radius 2 is 1.96 bits per heavy atom. The summed E-state index contributed by atoms with van der Waals surface area (Å²) in [6, 6.07) is 11.9. The van der Waals surface area contributed by atoms with E-state index in [0.29, 0.717) is 36.9 Å². The molecule has 0 radical (unpaired) electrons. The molecule has 6 nitrogen and oxygen atoms in total. The lowest BCUT2D eigenvalue weighted by molar-refractivity contribution is 0.0948. The molecule has 1 N–H and O–H groups in total. The van der Waals surface area contributed by atoms with E-state index in [9.17, 15) is 13.2 Å². The van der Waals surface area contributed by atoms with Gasteiger partial charge in [-0.25, -0.2) is 8.42 Å². The van der Waals surface area contributed by atoms with Gasteiger partial charge in [0.15, 0.2) is 0 Å². The molecule has 7 heteroatoms. The molecule has 0 saturated heterocycles. The highest BCUT2D eigenvalue weighted by Gasteiger charge is 2.31. The van der Waals surface area contributed by atoms with Crippen LogP contribution in [0.15, 0.2) is 47.4 Å². The van der Waals surface area contributed by atoms with Crippen LogP contribution in [0.25, 0.3) is 0 Å². The molecule has 150 valence electrons. The number of carbonyl (C=O) groups excluding carboxylic acids is 1. The van der Waals surface area contributed by atoms with Crippen LogP contribution in [-0.2, 0) is 16.4 Å². The van der Waals surface area contributed by atoms with Crippen molar-refractivity contribution in [2.75, 3.05) is 24.5 Å². The number of nitrogens with zero attached hydrogens (tertiary/aromatic N) is 1. The van der Waals surface area contributed by atoms with E-state index in [1.54, 1.807) is 0 Å². The van der Waals surface area contributed by atoms with Crippen LogP contribution in [0.4, 0.5) is 5.69 Å². The Labute approximate surface area is 166 Å². The molecule has 28 heavy (non-hydrogen) atoms. The van der Waals surface area contributed by atoms with Crippen LogP contribution in [0, 0.1) is 5.92 Å². The van der Waals surface area contributed by atoms with Gasteiger partial charge in [-0.3, -0.25) is 9.10 Å². The van der Waals surface area contributed by atoms with Gasteiger partial charge in [0.05, 0.1) is 23.3 Å². The first kappa shape index (κ1) is 20.2. The fourth-order valence-electron chi connectivity index (χ4n) is 3.28. The molecular formula is C21H26N2O4S. The SMILES string of the molecule is COc1ccc(S(=O)(=O)N2CCc3ccccc32)cc1C(=O)NCCC(C)C. The van der Waals surface area contributed by atoms with Crippen molar-refractivity contribution in [3.05, 3.63) is 53.6 Å². The minimum atomic E-state index is -3.77. The van der Waals surface area contributed by atoms with Gasteiger partial charge in [-0.15, -0.1) is 0 Å². The van der Waals surface area contributed by atoms with Crippen molar-refractivity contribution in [3.63, 3.8) is 0 Å². The smallest absolute Gasteiger partial charge is 0.264 e. The summed E-state index contributed by atoms with van der Waals surface area (Å²) < 4.78 is 33.1. The first-order valence-electron chi connectivity index (χ1n) is 9.41. The predicted molar refractivity (Wildman–Crippen MR) is 109 cm³/mol. The normalized spacial score (nSPS) is 13.5. The molecule has 3 rings (SSSR count). The van der Waals surface area contributed by atoms with Gasteiger partial charge in [0, 0.05) is 13.1 Å². The maximum atomic E-state index is 13.2. The number of ether oxygens (including phenoxy) is 1. The molecular weight excluding hydrogens is 376 g/mol. The maximum absolute atomic E-state index is 13.2. The Hall–Kier alpha value is -2.54. The molecule has 0 spiro atoms. The van der Waals surface area contributed by atoms with Crippen LogP contribution in [0.5, 0.6) is 5.75 Å². The number of amides is 1. The number of fused-ring (bicyclic) bond motifs is 1. The molecule has 0 saturated carbocycles. The van der Waals surface area contributed by atoms with Crippen molar-refractivity contribution in [2.24, 2.45) is 5.92 Å². The van der Waals surface area contributed by atoms with Crippen LogP contribution >= 0.6 is 0 Å². The van der Waals surface area contributed by atoms with Crippen molar-refractivity contribution in [3.8, 4) is 5.75 Å². The fourth-order valence-corrected chi connectivity index (χ4v) is 4.81. The summed E-state index contributed by atoms with van der Waals surface area (Å²) in [5.41, 5.74) is 1.92. The largest absolute Gasteiger partial charge is 0.496 e. The molecule has 0 fully saturated rings. The minimum Gasteiger partial charge on any atom is -0.496 e. The standard InChI is InChI=1S/C21H26N2O4S/c1-15(2)10-12-22-21(24)18-14-17(8-9-20(18)27-3)28(25,26)23-13-11-16-6-4-5-7-19(16)23/h4-9,14-15H,10-13H2,1-3H3,(H,22,24). The molecule has 0 unspecified atom stereocenters. The van der Waals surface area contributed by atoms with Crippen LogP contribution in [-0.4, -0.2) is 34.5 Å². The minimum absolute atomic E-state index is 0.0824. The number of sulfonamides is 1. The number of benzene rings is 2. The number of para-hydroxylation sites is 1. The molecule has 0 aromatic heterocycles. The molecule has 2 aromatic carbocycles. The van der Waals surface area contributed by atoms with Crippen LogP contribution < -0.4 is 14.4 Å². The van der Waals surface area contributed by atoms with E-state index in [-0.39, 0.29) is 16.4 Å². The Balaban J connectivity index is 1.91. The summed E-state index contributed by atoms with van der Waals surface area (Å²) in [6.07, 6.45) is 1.52. The average molecular weight is 403 g/mol. The molecule has 1 heterocycles. The van der Waals surface area contributed by atoms with Gasteiger partial charge < -0.3 is 10.1 Å². The van der Waals surface area contributed by atoms with E-state index < -0.39 is 10.0 Å². The molecule has 0 aliphatic carbocycles. The third-order valence-corrected chi connectivity index (χ3v) is 6.66. The summed E-state index contributed by atoms with van der Waals surface area (Å²) in [4.78, 5) is 12.7. The van der Waals surface area contributed by atoms with Gasteiger partial charge in [0.2, 0.25) is 0 Å². The van der Waals surface area contributed by atoms with E-state index in [2.05, 4.69) is 19.2 Å². The highest BCUT2D eigenvalue weighted by molar-refractivity contribution is 7.92. The van der Waals surface area contributed by atoms with Gasteiger partial charge in [-0.2, -0.15) is 0 Å². The maximum Gasteiger partial charge on any atom is 0.264 e. The lowest BCUT2D eigenvalue weighted by Gasteiger charge is -2.20. The second kappa shape index (κ2) is 8.22. The first-order valence-corrected chi connectivity index (χ1v) is 10.9. The summed E-state index contributed by atoms with van der Waals surface area (Å²) >= 11 is 0. The van der Waals surface area contributed by atoms with Gasteiger partial charge in [-0.1, -0.05) is 32.0 Å². The van der Waals surface area contributed by atoms with E-state index in [1.165, 1.54) is 29.6 Å². The Morgan fingerprint density at radius 3 is 2.68 bits per heavy atom. The van der Waals surface area contributed by atoms with E-state index >= 15 is 0 Å². The zero-order valence-electron chi connectivity index (χ0n) is 16.4. The highest BCUT2D eigenvalue weighted by atomic mass is 32.2. The Morgan fingerprint density at radius 1 is 1.21 bits per heavy atom. The predicted octanol–water partition coefficient (Wildman–Crippen LogP) is 3.22. The molecule has 1 amide bonds. The Bertz CT molecular complexity index is 970. The summed E-state index contributed by atoms with van der Waals surface area (Å²) in [5.74, 6) is 0.475. The Kier molecular flexibility index (Phi) is 5.93. The summed E-state index contributed by atoms with van der Waals surface area (Å²) in [5, 5.41) is 2.84. The number of rotatable bonds is 7. The van der Waals surface area contributed by atoms with Crippen molar-refractivity contribution in [1.29, 1.82) is 0 Å². The quantitative estimate of drug-likeness (QED) is 0.772. The number of carbonyl (C=O) groups is 1. The fraction of sp³-hybridized carbons (Fsp3) is 0.381. The number of hydrogen-bond acceptors (Lipinski definition) is 4. The van der Waals surface area contributed by atoms with Crippen molar-refractivity contribution in [1.82, 2.24) is 5.32 Å².